The molecule has 3 heterocycles. The molecule has 1 fully saturated rings. The van der Waals surface area contributed by atoms with Gasteiger partial charge in [-0.3, -0.25) is 19.1 Å². The average Bonchev–Trinajstić information content (AvgIpc) is 3.30. The van der Waals surface area contributed by atoms with E-state index in [2.05, 4.69) is 14.9 Å². The average molecular weight is 464 g/mol. The minimum atomic E-state index is -0.261. The smallest absolute Gasteiger partial charge is 0.261 e. The maximum Gasteiger partial charge on any atom is 0.261 e. The Hall–Kier alpha value is -3.43. The van der Waals surface area contributed by atoms with Crippen LogP contribution in [0.2, 0.25) is 0 Å². The lowest BCUT2D eigenvalue weighted by molar-refractivity contribution is -0.133. The van der Waals surface area contributed by atoms with Gasteiger partial charge in [-0.05, 0) is 36.4 Å². The van der Waals surface area contributed by atoms with E-state index >= 15 is 0 Å². The van der Waals surface area contributed by atoms with Crippen molar-refractivity contribution in [2.75, 3.05) is 26.2 Å². The van der Waals surface area contributed by atoms with Gasteiger partial charge in [-0.1, -0.05) is 12.1 Å². The lowest BCUT2D eigenvalue weighted by atomic mass is 10.2. The van der Waals surface area contributed by atoms with E-state index in [9.17, 15) is 14.0 Å². The van der Waals surface area contributed by atoms with Gasteiger partial charge in [0.05, 0.1) is 29.5 Å². The van der Waals surface area contributed by atoms with Crippen molar-refractivity contribution >= 4 is 28.1 Å². The second kappa shape index (κ2) is 9.21. The van der Waals surface area contributed by atoms with E-state index in [1.165, 1.54) is 23.0 Å². The molecule has 0 saturated carbocycles. The van der Waals surface area contributed by atoms with Crippen LogP contribution in [0.15, 0.2) is 65.0 Å². The van der Waals surface area contributed by atoms with Gasteiger partial charge in [0.15, 0.2) is 0 Å². The Labute approximate surface area is 193 Å². The lowest BCUT2D eigenvalue weighted by Gasteiger charge is -2.34. The molecular formula is C24H22FN5O2S. The molecule has 7 nitrogen and oxygen atoms in total. The number of benzene rings is 2. The predicted octanol–water partition coefficient (Wildman–Crippen LogP) is 3.00. The molecule has 1 aliphatic heterocycles. The Morgan fingerprint density at radius 3 is 2.58 bits per heavy atom. The fourth-order valence-electron chi connectivity index (χ4n) is 3.95. The first-order valence-corrected chi connectivity index (χ1v) is 11.6. The third-order valence-corrected chi connectivity index (χ3v) is 6.65. The molecule has 0 spiro atoms. The van der Waals surface area contributed by atoms with Crippen LogP contribution >= 0.6 is 11.3 Å². The third kappa shape index (κ3) is 4.69. The molecule has 2 aromatic heterocycles. The van der Waals surface area contributed by atoms with Gasteiger partial charge in [-0.15, -0.1) is 11.3 Å². The molecule has 0 N–H and O–H groups in total. The molecule has 1 saturated heterocycles. The number of para-hydroxylation sites is 1. The van der Waals surface area contributed by atoms with Gasteiger partial charge in [0.1, 0.15) is 17.4 Å². The van der Waals surface area contributed by atoms with E-state index in [0.29, 0.717) is 30.5 Å². The lowest BCUT2D eigenvalue weighted by Crippen LogP contribution is -2.49. The number of hydrogen-bond donors (Lipinski definition) is 0. The van der Waals surface area contributed by atoms with Crippen molar-refractivity contribution in [2.24, 2.45) is 0 Å². The summed E-state index contributed by atoms with van der Waals surface area (Å²) in [7, 11) is 0. The summed E-state index contributed by atoms with van der Waals surface area (Å²) in [6.45, 7) is 3.38. The zero-order valence-corrected chi connectivity index (χ0v) is 18.7. The van der Waals surface area contributed by atoms with Crippen molar-refractivity contribution in [3.05, 3.63) is 81.4 Å². The Balaban J connectivity index is 1.17. The molecule has 2 aromatic carbocycles. The van der Waals surface area contributed by atoms with Crippen molar-refractivity contribution in [1.29, 1.82) is 0 Å². The molecule has 0 bridgehead atoms. The fourth-order valence-corrected chi connectivity index (χ4v) is 4.79. The minimum absolute atomic E-state index is 0.00974. The highest BCUT2D eigenvalue weighted by Gasteiger charge is 2.22. The number of piperazine rings is 1. The topological polar surface area (TPSA) is 71.3 Å². The van der Waals surface area contributed by atoms with Crippen LogP contribution in [0, 0.1) is 5.82 Å². The standard InChI is InChI=1S/C24H22FN5O2S/c25-18-7-5-17(6-8-18)21-15-33-22(27-21)13-28-9-11-29(12-10-28)23(31)14-30-16-26-20-4-2-1-3-19(20)24(30)32/h1-8,15-16H,9-14H2. The maximum absolute atomic E-state index is 13.1. The summed E-state index contributed by atoms with van der Waals surface area (Å²) >= 11 is 1.58. The van der Waals surface area contributed by atoms with E-state index in [4.69, 9.17) is 0 Å². The van der Waals surface area contributed by atoms with Crippen molar-refractivity contribution in [1.82, 2.24) is 24.3 Å². The van der Waals surface area contributed by atoms with E-state index in [-0.39, 0.29) is 23.8 Å². The van der Waals surface area contributed by atoms with Gasteiger partial charge >= 0.3 is 0 Å². The van der Waals surface area contributed by atoms with E-state index in [0.717, 1.165) is 29.4 Å². The van der Waals surface area contributed by atoms with Crippen LogP contribution in [0.1, 0.15) is 5.01 Å². The molecule has 1 amide bonds. The number of halogens is 1. The summed E-state index contributed by atoms with van der Waals surface area (Å²) in [6, 6.07) is 13.5. The van der Waals surface area contributed by atoms with Crippen molar-refractivity contribution in [3.63, 3.8) is 0 Å². The van der Waals surface area contributed by atoms with Crippen molar-refractivity contribution in [3.8, 4) is 11.3 Å². The van der Waals surface area contributed by atoms with Crippen LogP contribution in [-0.4, -0.2) is 56.4 Å². The van der Waals surface area contributed by atoms with E-state index in [1.807, 2.05) is 11.4 Å². The first-order valence-electron chi connectivity index (χ1n) is 10.7. The molecule has 0 radical (unpaired) electrons. The van der Waals surface area contributed by atoms with E-state index in [1.54, 1.807) is 46.6 Å². The SMILES string of the molecule is O=C(Cn1cnc2ccccc2c1=O)N1CCN(Cc2nc(-c3ccc(F)cc3)cs2)CC1. The van der Waals surface area contributed by atoms with Gasteiger partial charge < -0.3 is 4.90 Å². The van der Waals surface area contributed by atoms with Crippen LogP contribution in [0.25, 0.3) is 22.2 Å². The number of amides is 1. The van der Waals surface area contributed by atoms with Crippen LogP contribution in [-0.2, 0) is 17.9 Å². The number of aromatic nitrogens is 3. The number of nitrogens with zero attached hydrogens (tertiary/aromatic N) is 5. The van der Waals surface area contributed by atoms with Gasteiger partial charge in [0, 0.05) is 37.1 Å². The highest BCUT2D eigenvalue weighted by molar-refractivity contribution is 7.09. The number of carbonyl (C=O) groups is 1. The largest absolute Gasteiger partial charge is 0.339 e. The minimum Gasteiger partial charge on any atom is -0.339 e. The van der Waals surface area contributed by atoms with Crippen molar-refractivity contribution in [2.45, 2.75) is 13.1 Å². The Morgan fingerprint density at radius 2 is 1.79 bits per heavy atom. The molecule has 4 aromatic rings. The normalized spacial score (nSPS) is 14.6. The summed E-state index contributed by atoms with van der Waals surface area (Å²) in [5.74, 6) is -0.343. The monoisotopic (exact) mass is 463 g/mol. The predicted molar refractivity (Wildman–Crippen MR) is 125 cm³/mol. The zero-order valence-electron chi connectivity index (χ0n) is 17.9. The highest BCUT2D eigenvalue weighted by Crippen LogP contribution is 2.23. The van der Waals surface area contributed by atoms with Gasteiger partial charge in [-0.25, -0.2) is 14.4 Å². The molecule has 5 rings (SSSR count). The zero-order chi connectivity index (χ0) is 22.8. The number of fused-ring (bicyclic) bond motifs is 1. The summed E-state index contributed by atoms with van der Waals surface area (Å²) in [6.07, 6.45) is 1.44. The second-order valence-electron chi connectivity index (χ2n) is 7.99. The first kappa shape index (κ1) is 21.4. The summed E-state index contributed by atoms with van der Waals surface area (Å²) in [4.78, 5) is 38.5. The maximum atomic E-state index is 13.1. The van der Waals surface area contributed by atoms with Gasteiger partial charge in [-0.2, -0.15) is 0 Å². The quantitative estimate of drug-likeness (QED) is 0.455. The van der Waals surface area contributed by atoms with Crippen molar-refractivity contribution < 1.29 is 9.18 Å². The summed E-state index contributed by atoms with van der Waals surface area (Å²) < 4.78 is 14.5. The first-order chi connectivity index (χ1) is 16.1. The number of thiazole rings is 1. The van der Waals surface area contributed by atoms with E-state index < -0.39 is 0 Å². The van der Waals surface area contributed by atoms with Gasteiger partial charge in [0.2, 0.25) is 5.91 Å². The Bertz CT molecular complexity index is 1340. The molecule has 33 heavy (non-hydrogen) atoms. The number of carbonyl (C=O) groups excluding carboxylic acids is 1. The number of rotatable bonds is 5. The molecule has 168 valence electrons. The highest BCUT2D eigenvalue weighted by atomic mass is 32.1. The summed E-state index contributed by atoms with van der Waals surface area (Å²) in [5.41, 5.74) is 2.17. The van der Waals surface area contributed by atoms with Crippen LogP contribution in [0.4, 0.5) is 4.39 Å². The molecule has 9 heteroatoms. The number of hydrogen-bond acceptors (Lipinski definition) is 6. The Morgan fingerprint density at radius 1 is 1.03 bits per heavy atom. The Kier molecular flexibility index (Phi) is 5.97. The molecule has 1 aliphatic rings. The molecule has 0 atom stereocenters. The second-order valence-corrected chi connectivity index (χ2v) is 8.93. The third-order valence-electron chi connectivity index (χ3n) is 5.81. The fraction of sp³-hybridized carbons (Fsp3) is 0.250. The molecule has 0 unspecified atom stereocenters. The molecule has 0 aliphatic carbocycles. The van der Waals surface area contributed by atoms with Crippen LogP contribution in [0.5, 0.6) is 0 Å². The van der Waals surface area contributed by atoms with Crippen LogP contribution in [0.3, 0.4) is 0 Å². The summed E-state index contributed by atoms with van der Waals surface area (Å²) in [5, 5.41) is 3.49. The van der Waals surface area contributed by atoms with Crippen LogP contribution < -0.4 is 5.56 Å². The molecular weight excluding hydrogens is 441 g/mol. The van der Waals surface area contributed by atoms with Gasteiger partial charge in [0.25, 0.3) is 5.56 Å².